The van der Waals surface area contributed by atoms with Gasteiger partial charge < -0.3 is 26.5 Å². The van der Waals surface area contributed by atoms with Crippen LogP contribution in [0.4, 0.5) is 0 Å². The Morgan fingerprint density at radius 3 is 2.71 bits per heavy atom. The summed E-state index contributed by atoms with van der Waals surface area (Å²) in [7, 11) is 0. The van der Waals surface area contributed by atoms with Gasteiger partial charge in [0.15, 0.2) is 0 Å². The van der Waals surface area contributed by atoms with E-state index in [0.717, 1.165) is 0 Å². The van der Waals surface area contributed by atoms with Crippen LogP contribution in [0, 0.1) is 0 Å². The molecule has 0 aliphatic heterocycles. The van der Waals surface area contributed by atoms with Gasteiger partial charge in [0.2, 0.25) is 11.8 Å². The molecule has 0 saturated heterocycles. The first-order chi connectivity index (χ1) is 9.93. The number of imidazole rings is 1. The van der Waals surface area contributed by atoms with Gasteiger partial charge in [-0.05, 0) is 0 Å². The van der Waals surface area contributed by atoms with E-state index in [1.54, 1.807) is 6.20 Å². The highest BCUT2D eigenvalue weighted by molar-refractivity contribution is 7.80. The molecule has 1 aromatic rings. The molecule has 0 aromatic carbocycles. The second-order valence-corrected chi connectivity index (χ2v) is 4.61. The normalized spacial score (nSPS) is 13.2. The van der Waals surface area contributed by atoms with Crippen molar-refractivity contribution in [1.29, 1.82) is 0 Å². The van der Waals surface area contributed by atoms with Gasteiger partial charge in [-0.2, -0.15) is 12.6 Å². The Hall–Kier alpha value is -2.07. The van der Waals surface area contributed by atoms with Gasteiger partial charge in [0.1, 0.15) is 6.04 Å². The third-order valence-electron chi connectivity index (χ3n) is 2.57. The number of rotatable bonds is 8. The number of amides is 2. The van der Waals surface area contributed by atoms with Crippen LogP contribution in [-0.2, 0) is 20.8 Å². The number of carboxylic acids is 1. The van der Waals surface area contributed by atoms with Crippen LogP contribution in [0.15, 0.2) is 12.5 Å². The van der Waals surface area contributed by atoms with Crippen LogP contribution < -0.4 is 16.4 Å². The minimum absolute atomic E-state index is 0.0473. The molecule has 0 radical (unpaired) electrons. The van der Waals surface area contributed by atoms with E-state index in [9.17, 15) is 14.4 Å². The quantitative estimate of drug-likeness (QED) is 0.302. The molecular formula is C11H17N5O4S. The highest BCUT2D eigenvalue weighted by Gasteiger charge is 2.19. The van der Waals surface area contributed by atoms with Gasteiger partial charge in [-0.3, -0.25) is 9.59 Å². The lowest BCUT2D eigenvalue weighted by atomic mass is 10.1. The average Bonchev–Trinajstić information content (AvgIpc) is 2.94. The molecule has 1 heterocycles. The molecule has 0 fully saturated rings. The second-order valence-electron chi connectivity index (χ2n) is 4.25. The van der Waals surface area contributed by atoms with Crippen molar-refractivity contribution < 1.29 is 19.5 Å². The van der Waals surface area contributed by atoms with E-state index in [2.05, 4.69) is 33.2 Å². The molecule has 2 unspecified atom stereocenters. The van der Waals surface area contributed by atoms with Gasteiger partial charge in [0.05, 0.1) is 18.9 Å². The number of aromatic amines is 1. The fourth-order valence-electron chi connectivity index (χ4n) is 1.46. The number of aliphatic carboxylic acids is 1. The second kappa shape index (κ2) is 8.27. The molecule has 0 aliphatic carbocycles. The van der Waals surface area contributed by atoms with Crippen LogP contribution >= 0.6 is 12.6 Å². The topological polar surface area (TPSA) is 150 Å². The molecule has 0 saturated carbocycles. The number of thiol groups is 1. The third kappa shape index (κ3) is 5.83. The zero-order valence-corrected chi connectivity index (χ0v) is 12.0. The van der Waals surface area contributed by atoms with Crippen LogP contribution in [0.1, 0.15) is 5.69 Å². The van der Waals surface area contributed by atoms with Crippen LogP contribution in [0.25, 0.3) is 0 Å². The third-order valence-corrected chi connectivity index (χ3v) is 2.94. The van der Waals surface area contributed by atoms with Crippen LogP contribution in [0.3, 0.4) is 0 Å². The summed E-state index contributed by atoms with van der Waals surface area (Å²) >= 11 is 3.81. The predicted octanol–water partition coefficient (Wildman–Crippen LogP) is -2.11. The average molecular weight is 315 g/mol. The highest BCUT2D eigenvalue weighted by atomic mass is 32.1. The number of nitrogens with one attached hydrogen (secondary N) is 3. The van der Waals surface area contributed by atoms with Crippen molar-refractivity contribution in [2.45, 2.75) is 18.5 Å². The summed E-state index contributed by atoms with van der Waals surface area (Å²) in [5.74, 6) is -2.38. The molecule has 0 aliphatic rings. The zero-order chi connectivity index (χ0) is 15.8. The molecule has 0 bridgehead atoms. The number of hydrogen-bond acceptors (Lipinski definition) is 6. The number of H-pyrrole nitrogens is 1. The number of carbonyl (C=O) groups is 3. The summed E-state index contributed by atoms with van der Waals surface area (Å²) < 4.78 is 0. The zero-order valence-electron chi connectivity index (χ0n) is 11.1. The first-order valence-electron chi connectivity index (χ1n) is 6.07. The molecule has 0 spiro atoms. The summed E-state index contributed by atoms with van der Waals surface area (Å²) in [6.45, 7) is -0.354. The lowest BCUT2D eigenvalue weighted by Crippen LogP contribution is -2.49. The van der Waals surface area contributed by atoms with Gasteiger partial charge >= 0.3 is 5.97 Å². The molecular weight excluding hydrogens is 298 g/mol. The standard InChI is InChI=1S/C11H17N5O4S/c12-7(1-6-2-13-5-15-6)10(18)14-3-9(17)16-8(4-21)11(19)20/h2,5,7-8,21H,1,3-4,12H2,(H,13,15)(H,14,18)(H,16,17)(H,19,20). The molecule has 2 amide bonds. The summed E-state index contributed by atoms with van der Waals surface area (Å²) in [4.78, 5) is 40.5. The van der Waals surface area contributed by atoms with Gasteiger partial charge in [0, 0.05) is 24.1 Å². The molecule has 6 N–H and O–H groups in total. The minimum atomic E-state index is -1.19. The van der Waals surface area contributed by atoms with E-state index in [1.807, 2.05) is 0 Å². The number of aromatic nitrogens is 2. The smallest absolute Gasteiger partial charge is 0.327 e. The number of carboxylic acid groups (broad SMARTS) is 1. The summed E-state index contributed by atoms with van der Waals surface area (Å²) in [6, 6.07) is -1.94. The summed E-state index contributed by atoms with van der Waals surface area (Å²) in [6.07, 6.45) is 3.27. The monoisotopic (exact) mass is 315 g/mol. The Morgan fingerprint density at radius 1 is 1.48 bits per heavy atom. The van der Waals surface area contributed by atoms with E-state index in [0.29, 0.717) is 5.69 Å². The maximum absolute atomic E-state index is 11.7. The molecule has 9 nitrogen and oxygen atoms in total. The van der Waals surface area contributed by atoms with E-state index in [4.69, 9.17) is 10.8 Å². The van der Waals surface area contributed by atoms with Crippen molar-refractivity contribution in [2.24, 2.45) is 5.73 Å². The summed E-state index contributed by atoms with van der Waals surface area (Å²) in [5, 5.41) is 13.3. The van der Waals surface area contributed by atoms with Gasteiger partial charge in [0.25, 0.3) is 0 Å². The van der Waals surface area contributed by atoms with Crippen molar-refractivity contribution in [2.75, 3.05) is 12.3 Å². The van der Waals surface area contributed by atoms with Crippen molar-refractivity contribution in [3.05, 3.63) is 18.2 Å². The fourth-order valence-corrected chi connectivity index (χ4v) is 1.70. The van der Waals surface area contributed by atoms with Crippen molar-refractivity contribution in [3.63, 3.8) is 0 Å². The maximum atomic E-state index is 11.7. The predicted molar refractivity (Wildman–Crippen MR) is 76.7 cm³/mol. The minimum Gasteiger partial charge on any atom is -0.480 e. The molecule has 1 rings (SSSR count). The van der Waals surface area contributed by atoms with E-state index < -0.39 is 29.9 Å². The van der Waals surface area contributed by atoms with E-state index >= 15 is 0 Å². The first kappa shape index (κ1) is 17.0. The molecule has 1 aromatic heterocycles. The molecule has 10 heteroatoms. The number of hydrogen-bond donors (Lipinski definition) is 6. The number of carbonyl (C=O) groups excluding carboxylic acids is 2. The van der Waals surface area contributed by atoms with Crippen molar-refractivity contribution in [3.8, 4) is 0 Å². The highest BCUT2D eigenvalue weighted by Crippen LogP contribution is 1.96. The van der Waals surface area contributed by atoms with E-state index in [-0.39, 0.29) is 18.7 Å². The lowest BCUT2D eigenvalue weighted by Gasteiger charge is -2.14. The van der Waals surface area contributed by atoms with Crippen LogP contribution in [0.2, 0.25) is 0 Å². The fraction of sp³-hybridized carbons (Fsp3) is 0.455. The van der Waals surface area contributed by atoms with Crippen molar-refractivity contribution >= 4 is 30.4 Å². The Morgan fingerprint density at radius 2 is 2.19 bits per heavy atom. The van der Waals surface area contributed by atoms with Gasteiger partial charge in [-0.25, -0.2) is 9.78 Å². The maximum Gasteiger partial charge on any atom is 0.327 e. The molecule has 116 valence electrons. The Kier molecular flexibility index (Phi) is 6.69. The lowest BCUT2D eigenvalue weighted by molar-refractivity contribution is -0.141. The largest absolute Gasteiger partial charge is 0.480 e. The van der Waals surface area contributed by atoms with Crippen LogP contribution in [-0.4, -0.2) is 57.2 Å². The van der Waals surface area contributed by atoms with Gasteiger partial charge in [-0.15, -0.1) is 0 Å². The Balaban J connectivity index is 2.34. The summed E-state index contributed by atoms with van der Waals surface area (Å²) in [5.41, 5.74) is 6.37. The van der Waals surface area contributed by atoms with Crippen molar-refractivity contribution in [1.82, 2.24) is 20.6 Å². The number of nitrogens with two attached hydrogens (primary N) is 1. The Labute approximate surface area is 126 Å². The molecule has 2 atom stereocenters. The van der Waals surface area contributed by atoms with E-state index in [1.165, 1.54) is 6.33 Å². The SMILES string of the molecule is NC(Cc1cnc[nH]1)C(=O)NCC(=O)NC(CS)C(=O)O. The van der Waals surface area contributed by atoms with Gasteiger partial charge in [-0.1, -0.05) is 0 Å². The number of nitrogens with zero attached hydrogens (tertiary/aromatic N) is 1. The Bertz CT molecular complexity index is 493. The molecule has 21 heavy (non-hydrogen) atoms. The first-order valence-corrected chi connectivity index (χ1v) is 6.70. The van der Waals surface area contributed by atoms with Crippen LogP contribution in [0.5, 0.6) is 0 Å².